The van der Waals surface area contributed by atoms with Crippen molar-refractivity contribution in [2.24, 2.45) is 0 Å². The van der Waals surface area contributed by atoms with Crippen LogP contribution in [-0.4, -0.2) is 82.1 Å². The van der Waals surface area contributed by atoms with Crippen molar-refractivity contribution >= 4 is 65.4 Å². The van der Waals surface area contributed by atoms with Crippen molar-refractivity contribution in [2.75, 3.05) is 25.1 Å². The number of hydrogen-bond acceptors (Lipinski definition) is 6. The van der Waals surface area contributed by atoms with E-state index in [-0.39, 0.29) is 43.5 Å². The maximum absolute atomic E-state index is 12.7. The van der Waals surface area contributed by atoms with Crippen LogP contribution in [-0.2, 0) is 16.6 Å². The standard InChI is InChI=1S/C18H21N5O2S.Ca/c1-25-13-5-6-14-15(11-13)21-18(20-14)26(24)12-16-19-8-7-17(22-16)23-9-3-2-4-10-23;/h5-8,11H,2-4,9-10,12H2,1H3,(H,20,21);. The molecule has 27 heavy (non-hydrogen) atoms. The summed E-state index contributed by atoms with van der Waals surface area (Å²) in [4.78, 5) is 18.7. The Balaban J connectivity index is 0.00000210. The van der Waals surface area contributed by atoms with E-state index in [1.165, 1.54) is 19.3 Å². The van der Waals surface area contributed by atoms with Crippen molar-refractivity contribution < 1.29 is 8.95 Å². The van der Waals surface area contributed by atoms with Crippen molar-refractivity contribution in [2.45, 2.75) is 30.2 Å². The van der Waals surface area contributed by atoms with Crippen LogP contribution in [0.3, 0.4) is 0 Å². The molecule has 7 nitrogen and oxygen atoms in total. The van der Waals surface area contributed by atoms with Crippen LogP contribution < -0.4 is 9.64 Å². The molecule has 1 aliphatic heterocycles. The number of methoxy groups -OCH3 is 1. The summed E-state index contributed by atoms with van der Waals surface area (Å²) < 4.78 is 17.9. The summed E-state index contributed by atoms with van der Waals surface area (Å²) in [7, 11) is 0.275. The molecule has 9 heteroatoms. The smallest absolute Gasteiger partial charge is 0.197 e. The molecule has 1 fully saturated rings. The Morgan fingerprint density at radius 1 is 1.19 bits per heavy atom. The third kappa shape index (κ3) is 4.80. The Labute approximate surface area is 190 Å². The van der Waals surface area contributed by atoms with Crippen molar-refractivity contribution in [3.8, 4) is 5.75 Å². The number of benzene rings is 1. The van der Waals surface area contributed by atoms with E-state index in [0.717, 1.165) is 35.7 Å². The molecule has 0 amide bonds. The number of nitrogens with zero attached hydrogens (tertiary/aromatic N) is 4. The van der Waals surface area contributed by atoms with Gasteiger partial charge in [-0.25, -0.2) is 15.0 Å². The normalized spacial score (nSPS) is 15.4. The average molecular weight is 412 g/mol. The zero-order chi connectivity index (χ0) is 17.9. The Kier molecular flexibility index (Phi) is 7.08. The van der Waals surface area contributed by atoms with E-state index in [1.54, 1.807) is 13.3 Å². The van der Waals surface area contributed by atoms with E-state index >= 15 is 0 Å². The van der Waals surface area contributed by atoms with Crippen LogP contribution in [0.2, 0.25) is 0 Å². The molecule has 1 unspecified atom stereocenters. The summed E-state index contributed by atoms with van der Waals surface area (Å²) in [6.45, 7) is 2.04. The number of imidazole rings is 1. The van der Waals surface area contributed by atoms with Crippen LogP contribution in [0.25, 0.3) is 11.0 Å². The fourth-order valence-corrected chi connectivity index (χ4v) is 4.08. The molecular formula is C18H21CaN5O2S. The third-order valence-electron chi connectivity index (χ3n) is 4.51. The molecule has 2 radical (unpaired) electrons. The molecule has 0 bridgehead atoms. The van der Waals surface area contributed by atoms with Crippen molar-refractivity contribution in [1.29, 1.82) is 0 Å². The zero-order valence-corrected chi connectivity index (χ0v) is 18.4. The molecule has 3 aromatic rings. The molecule has 138 valence electrons. The van der Waals surface area contributed by atoms with Gasteiger partial charge in [-0.1, -0.05) is 0 Å². The Morgan fingerprint density at radius 3 is 2.78 bits per heavy atom. The molecule has 1 aliphatic rings. The first kappa shape index (κ1) is 20.5. The number of H-pyrrole nitrogens is 1. The Bertz CT molecular complexity index is 942. The maximum Gasteiger partial charge on any atom is 0.197 e. The number of hydrogen-bond donors (Lipinski definition) is 1. The number of aromatic nitrogens is 4. The molecule has 3 heterocycles. The Morgan fingerprint density at radius 2 is 2.00 bits per heavy atom. The van der Waals surface area contributed by atoms with E-state index in [9.17, 15) is 4.21 Å². The van der Waals surface area contributed by atoms with E-state index in [1.807, 2.05) is 24.3 Å². The maximum atomic E-state index is 12.7. The van der Waals surface area contributed by atoms with Crippen LogP contribution in [0, 0.1) is 0 Å². The van der Waals surface area contributed by atoms with Gasteiger partial charge in [0.05, 0.1) is 34.7 Å². The molecule has 2 aromatic heterocycles. The van der Waals surface area contributed by atoms with Gasteiger partial charge in [-0.3, -0.25) is 4.21 Å². The summed E-state index contributed by atoms with van der Waals surface area (Å²) in [5.41, 5.74) is 1.56. The third-order valence-corrected chi connectivity index (χ3v) is 5.66. The van der Waals surface area contributed by atoms with E-state index in [0.29, 0.717) is 11.0 Å². The summed E-state index contributed by atoms with van der Waals surface area (Å²) in [6, 6.07) is 7.45. The van der Waals surface area contributed by atoms with Crippen molar-refractivity contribution in [1.82, 2.24) is 19.9 Å². The first-order valence-corrected chi connectivity index (χ1v) is 10.0. The van der Waals surface area contributed by atoms with Gasteiger partial charge in [0, 0.05) is 63.1 Å². The first-order chi connectivity index (χ1) is 12.7. The number of aromatic amines is 1. The Hall–Kier alpha value is -1.22. The fourth-order valence-electron chi connectivity index (χ4n) is 3.14. The summed E-state index contributed by atoms with van der Waals surface area (Å²) in [5.74, 6) is 2.46. The number of anilines is 1. The summed E-state index contributed by atoms with van der Waals surface area (Å²) in [6.07, 6.45) is 5.39. The predicted octanol–water partition coefficient (Wildman–Crippen LogP) is 2.28. The SMILES string of the molecule is COc1ccc2nc(S(=O)Cc3nccc(N4CCCCC4)n3)[nH]c2c1.[Ca]. The second-order valence-electron chi connectivity index (χ2n) is 6.29. The molecule has 0 aliphatic carbocycles. The number of ether oxygens (including phenoxy) is 1. The number of rotatable bonds is 5. The number of fused-ring (bicyclic) bond motifs is 1. The first-order valence-electron chi connectivity index (χ1n) is 8.72. The van der Waals surface area contributed by atoms with Crippen LogP contribution in [0.5, 0.6) is 5.75 Å². The van der Waals surface area contributed by atoms with Crippen molar-refractivity contribution in [3.63, 3.8) is 0 Å². The summed E-state index contributed by atoms with van der Waals surface area (Å²) in [5, 5.41) is 0.431. The molecule has 0 spiro atoms. The topological polar surface area (TPSA) is 84.0 Å². The largest absolute Gasteiger partial charge is 0.497 e. The molecule has 1 saturated heterocycles. The molecule has 0 saturated carbocycles. The monoisotopic (exact) mass is 411 g/mol. The summed E-state index contributed by atoms with van der Waals surface area (Å²) >= 11 is 0. The molecule has 1 atom stereocenters. The minimum absolute atomic E-state index is 0. The molecule has 4 rings (SSSR count). The van der Waals surface area contributed by atoms with E-state index < -0.39 is 10.8 Å². The van der Waals surface area contributed by atoms with Gasteiger partial charge in [0.25, 0.3) is 0 Å². The molecule has 1 N–H and O–H groups in total. The van der Waals surface area contributed by atoms with Gasteiger partial charge in [0.2, 0.25) is 0 Å². The quantitative estimate of drug-likeness (QED) is 0.649. The van der Waals surface area contributed by atoms with Gasteiger partial charge in [0.1, 0.15) is 17.4 Å². The minimum Gasteiger partial charge on any atom is -0.497 e. The zero-order valence-electron chi connectivity index (χ0n) is 15.4. The van der Waals surface area contributed by atoms with E-state index in [4.69, 9.17) is 4.74 Å². The van der Waals surface area contributed by atoms with Crippen molar-refractivity contribution in [3.05, 3.63) is 36.3 Å². The van der Waals surface area contributed by atoms with E-state index in [2.05, 4.69) is 24.8 Å². The van der Waals surface area contributed by atoms with Gasteiger partial charge in [-0.05, 0) is 37.5 Å². The average Bonchev–Trinajstić information content (AvgIpc) is 3.12. The van der Waals surface area contributed by atoms with Gasteiger partial charge >= 0.3 is 0 Å². The molecular weight excluding hydrogens is 390 g/mol. The molecule has 1 aromatic carbocycles. The van der Waals surface area contributed by atoms with Crippen LogP contribution in [0.15, 0.2) is 35.6 Å². The number of nitrogens with one attached hydrogen (secondary N) is 1. The van der Waals surface area contributed by atoms with Gasteiger partial charge in [-0.15, -0.1) is 0 Å². The van der Waals surface area contributed by atoms with Gasteiger partial charge < -0.3 is 14.6 Å². The fraction of sp³-hybridized carbons (Fsp3) is 0.389. The van der Waals surface area contributed by atoms with Gasteiger partial charge in [0.15, 0.2) is 5.16 Å². The second kappa shape index (κ2) is 9.32. The van der Waals surface area contributed by atoms with Gasteiger partial charge in [-0.2, -0.15) is 0 Å². The minimum atomic E-state index is -1.34. The van der Waals surface area contributed by atoms with Crippen LogP contribution >= 0.6 is 0 Å². The number of piperidine rings is 1. The predicted molar refractivity (Wildman–Crippen MR) is 107 cm³/mol. The van der Waals surface area contributed by atoms with Crippen LogP contribution in [0.4, 0.5) is 5.82 Å². The van der Waals surface area contributed by atoms with Crippen LogP contribution in [0.1, 0.15) is 25.1 Å². The second-order valence-corrected chi connectivity index (χ2v) is 7.66.